The first-order valence-corrected chi connectivity index (χ1v) is 15.4. The van der Waals surface area contributed by atoms with Crippen LogP contribution < -0.4 is 9.47 Å². The summed E-state index contributed by atoms with van der Waals surface area (Å²) < 4.78 is 17.6. The summed E-state index contributed by atoms with van der Waals surface area (Å²) in [6, 6.07) is 5.92. The maximum absolute atomic E-state index is 11.9. The van der Waals surface area contributed by atoms with Gasteiger partial charge in [0.1, 0.15) is 18.1 Å². The van der Waals surface area contributed by atoms with Crippen molar-refractivity contribution in [3.05, 3.63) is 23.8 Å². The van der Waals surface area contributed by atoms with E-state index in [9.17, 15) is 4.79 Å². The second kappa shape index (κ2) is 23.2. The number of hydrogen-bond acceptors (Lipinski definition) is 4. The molecule has 0 saturated carbocycles. The number of alkyl halides is 1. The Bertz CT molecular complexity index is 635. The molecule has 0 aliphatic heterocycles. The van der Waals surface area contributed by atoms with Crippen molar-refractivity contribution in [2.75, 3.05) is 18.5 Å². The minimum absolute atomic E-state index is 0.167. The Balaban J connectivity index is 2.45. The molecule has 1 rings (SSSR count). The topological polar surface area (TPSA) is 44.8 Å². The predicted molar refractivity (Wildman–Crippen MR) is 151 cm³/mol. The molecule has 0 radical (unpaired) electrons. The third kappa shape index (κ3) is 18.7. The van der Waals surface area contributed by atoms with E-state index in [0.717, 1.165) is 41.7 Å². The zero-order valence-corrected chi connectivity index (χ0v) is 24.2. The van der Waals surface area contributed by atoms with Gasteiger partial charge >= 0.3 is 5.97 Å². The first-order chi connectivity index (χ1) is 17.2. The lowest BCUT2D eigenvalue weighted by Gasteiger charge is -2.13. The molecule has 5 heteroatoms. The molecule has 35 heavy (non-hydrogen) atoms. The van der Waals surface area contributed by atoms with Crippen LogP contribution in [0.1, 0.15) is 129 Å². The smallest absolute Gasteiger partial charge is 0.306 e. The van der Waals surface area contributed by atoms with Crippen LogP contribution in [0.15, 0.2) is 18.2 Å². The molecule has 1 aromatic carbocycles. The molecule has 4 nitrogen and oxygen atoms in total. The van der Waals surface area contributed by atoms with Crippen LogP contribution in [0.2, 0.25) is 0 Å². The lowest BCUT2D eigenvalue weighted by Crippen LogP contribution is -2.06. The molecule has 202 valence electrons. The van der Waals surface area contributed by atoms with Gasteiger partial charge in [0.05, 0.1) is 13.2 Å². The maximum atomic E-state index is 11.9. The highest BCUT2D eigenvalue weighted by atomic mass is 79.9. The number of rotatable bonds is 24. The van der Waals surface area contributed by atoms with E-state index in [1.54, 1.807) is 0 Å². The van der Waals surface area contributed by atoms with Gasteiger partial charge in [-0.1, -0.05) is 113 Å². The van der Waals surface area contributed by atoms with Gasteiger partial charge in [0.25, 0.3) is 0 Å². The number of hydrogen-bond donors (Lipinski definition) is 0. The fourth-order valence-corrected chi connectivity index (χ4v) is 4.28. The Morgan fingerprint density at radius 2 is 1.11 bits per heavy atom. The summed E-state index contributed by atoms with van der Waals surface area (Å²) in [6.07, 6.45) is 20.3. The normalized spacial score (nSPS) is 10.9. The number of esters is 1. The average Bonchev–Trinajstić information content (AvgIpc) is 2.86. The molecule has 0 unspecified atom stereocenters. The molecule has 0 fully saturated rings. The summed E-state index contributed by atoms with van der Waals surface area (Å²) >= 11 is 3.36. The van der Waals surface area contributed by atoms with E-state index in [1.165, 1.54) is 83.5 Å². The van der Waals surface area contributed by atoms with Gasteiger partial charge in [0.2, 0.25) is 0 Å². The van der Waals surface area contributed by atoms with Crippen molar-refractivity contribution in [1.82, 2.24) is 0 Å². The number of carbonyl (C=O) groups excluding carboxylic acids is 1. The molecule has 0 N–H and O–H groups in total. The largest absolute Gasteiger partial charge is 0.493 e. The molecule has 1 aromatic rings. The van der Waals surface area contributed by atoms with E-state index < -0.39 is 0 Å². The van der Waals surface area contributed by atoms with Gasteiger partial charge in [-0.3, -0.25) is 4.79 Å². The molecular formula is C30H51BrO4. The Kier molecular flexibility index (Phi) is 21.1. The Morgan fingerprint density at radius 1 is 0.657 bits per heavy atom. The van der Waals surface area contributed by atoms with Crippen LogP contribution in [0, 0.1) is 0 Å². The van der Waals surface area contributed by atoms with Gasteiger partial charge in [-0.25, -0.2) is 0 Å². The summed E-state index contributed by atoms with van der Waals surface area (Å²) in [7, 11) is 0. The van der Waals surface area contributed by atoms with Crippen LogP contribution in [0.4, 0.5) is 0 Å². The number of unbranched alkanes of at least 4 members (excludes halogenated alkanes) is 13. The van der Waals surface area contributed by atoms with Crippen LogP contribution in [-0.2, 0) is 16.1 Å². The SMILES string of the molecule is CCCCCCCCCCCOc1cc(COC(=O)CCCBr)cc(OCCCCCCCC)c1. The monoisotopic (exact) mass is 554 g/mol. The molecule has 0 aliphatic rings. The highest BCUT2D eigenvalue weighted by Gasteiger charge is 2.08. The summed E-state index contributed by atoms with van der Waals surface area (Å²) in [5, 5.41) is 0.806. The molecule has 0 bridgehead atoms. The third-order valence-corrected chi connectivity index (χ3v) is 6.70. The first-order valence-electron chi connectivity index (χ1n) is 14.3. The van der Waals surface area contributed by atoms with Crippen molar-refractivity contribution in [2.45, 2.75) is 130 Å². The summed E-state index contributed by atoms with van der Waals surface area (Å²) in [5.41, 5.74) is 0.916. The highest BCUT2D eigenvalue weighted by molar-refractivity contribution is 9.09. The standard InChI is InChI=1S/C30H51BrO4/c1-3-5-7-9-11-12-13-15-17-22-34-29-24-27(26-35-30(32)19-18-20-31)23-28(25-29)33-21-16-14-10-8-6-4-2/h23-25H,3-22,26H2,1-2H3. The van der Waals surface area contributed by atoms with Gasteiger partial charge in [0.15, 0.2) is 0 Å². The van der Waals surface area contributed by atoms with Crippen LogP contribution >= 0.6 is 15.9 Å². The number of benzene rings is 1. The van der Waals surface area contributed by atoms with E-state index in [-0.39, 0.29) is 12.6 Å². The van der Waals surface area contributed by atoms with E-state index in [2.05, 4.69) is 29.8 Å². The van der Waals surface area contributed by atoms with Crippen molar-refractivity contribution in [1.29, 1.82) is 0 Å². The average molecular weight is 556 g/mol. The third-order valence-electron chi connectivity index (χ3n) is 6.14. The lowest BCUT2D eigenvalue weighted by atomic mass is 10.1. The fraction of sp³-hybridized carbons (Fsp3) is 0.767. The van der Waals surface area contributed by atoms with Crippen LogP contribution in [0.5, 0.6) is 11.5 Å². The molecule has 0 amide bonds. The van der Waals surface area contributed by atoms with E-state index >= 15 is 0 Å². The second-order valence-electron chi connectivity index (χ2n) is 9.56. The predicted octanol–water partition coefficient (Wildman–Crippen LogP) is 9.55. The Hall–Kier alpha value is -1.23. The summed E-state index contributed by atoms with van der Waals surface area (Å²) in [5.74, 6) is 1.44. The zero-order valence-electron chi connectivity index (χ0n) is 22.6. The summed E-state index contributed by atoms with van der Waals surface area (Å²) in [4.78, 5) is 11.9. The Morgan fingerprint density at radius 3 is 1.57 bits per heavy atom. The van der Waals surface area contributed by atoms with Crippen molar-refractivity contribution in [3.63, 3.8) is 0 Å². The van der Waals surface area contributed by atoms with Gasteiger partial charge in [0, 0.05) is 17.8 Å². The minimum Gasteiger partial charge on any atom is -0.493 e. The number of halogens is 1. The zero-order chi connectivity index (χ0) is 25.4. The second-order valence-corrected chi connectivity index (χ2v) is 10.4. The quantitative estimate of drug-likeness (QED) is 0.0724. The highest BCUT2D eigenvalue weighted by Crippen LogP contribution is 2.25. The van der Waals surface area contributed by atoms with Crippen LogP contribution in [0.3, 0.4) is 0 Å². The Labute approximate surface area is 224 Å². The first kappa shape index (κ1) is 31.8. The van der Waals surface area contributed by atoms with Crippen LogP contribution in [-0.4, -0.2) is 24.5 Å². The van der Waals surface area contributed by atoms with Crippen molar-refractivity contribution in [3.8, 4) is 11.5 Å². The van der Waals surface area contributed by atoms with Crippen molar-refractivity contribution < 1.29 is 19.0 Å². The molecule has 0 atom stereocenters. The molecule has 0 heterocycles. The van der Waals surface area contributed by atoms with E-state index in [4.69, 9.17) is 14.2 Å². The fourth-order valence-electron chi connectivity index (χ4n) is 4.00. The van der Waals surface area contributed by atoms with E-state index in [0.29, 0.717) is 19.6 Å². The van der Waals surface area contributed by atoms with Gasteiger partial charge in [-0.2, -0.15) is 0 Å². The maximum Gasteiger partial charge on any atom is 0.306 e. The molecule has 0 aliphatic carbocycles. The number of carbonyl (C=O) groups is 1. The minimum atomic E-state index is -0.167. The lowest BCUT2D eigenvalue weighted by molar-refractivity contribution is -0.144. The number of ether oxygens (including phenoxy) is 3. The van der Waals surface area contributed by atoms with Crippen LogP contribution in [0.25, 0.3) is 0 Å². The molecule has 0 saturated heterocycles. The van der Waals surface area contributed by atoms with Gasteiger partial charge in [-0.05, 0) is 37.0 Å². The molecule has 0 aromatic heterocycles. The molecular weight excluding hydrogens is 504 g/mol. The van der Waals surface area contributed by atoms with Gasteiger partial charge in [-0.15, -0.1) is 0 Å². The molecule has 0 spiro atoms. The van der Waals surface area contributed by atoms with Crippen molar-refractivity contribution in [2.24, 2.45) is 0 Å². The van der Waals surface area contributed by atoms with Gasteiger partial charge < -0.3 is 14.2 Å². The van der Waals surface area contributed by atoms with Crippen molar-refractivity contribution >= 4 is 21.9 Å². The van der Waals surface area contributed by atoms with E-state index in [1.807, 2.05) is 18.2 Å². The summed E-state index contributed by atoms with van der Waals surface area (Å²) in [6.45, 7) is 6.17.